The molecule has 0 spiro atoms. The van der Waals surface area contributed by atoms with Gasteiger partial charge in [0.15, 0.2) is 0 Å². The molecule has 2 aromatic rings. The van der Waals surface area contributed by atoms with Crippen LogP contribution in [0.15, 0.2) is 58.2 Å². The van der Waals surface area contributed by atoms with Gasteiger partial charge >= 0.3 is 144 Å². The number of halogens is 2. The Balaban J connectivity index is 0.00000104. The Morgan fingerprint density at radius 2 is 1.75 bits per heavy atom. The number of nitrogens with zero attached hydrogens (tertiary/aromatic N) is 1. The molecule has 0 saturated heterocycles. The van der Waals surface area contributed by atoms with Gasteiger partial charge in [0.1, 0.15) is 0 Å². The number of fused-ring (bicyclic) bond motifs is 1. The van der Waals surface area contributed by atoms with Crippen LogP contribution in [0.25, 0.3) is 11.8 Å². The van der Waals surface area contributed by atoms with Gasteiger partial charge in [-0.15, -0.1) is 0 Å². The van der Waals surface area contributed by atoms with E-state index < -0.39 is 22.9 Å². The van der Waals surface area contributed by atoms with Gasteiger partial charge in [-0.3, -0.25) is 0 Å². The van der Waals surface area contributed by atoms with Gasteiger partial charge in [-0.25, -0.2) is 0 Å². The Hall–Kier alpha value is -0.830. The largest absolute Gasteiger partial charge is 1.00 e. The van der Waals surface area contributed by atoms with E-state index in [9.17, 15) is 0 Å². The number of rotatable bonds is 3. The van der Waals surface area contributed by atoms with E-state index in [1.165, 1.54) is 28.8 Å². The molecule has 1 heterocycles. The van der Waals surface area contributed by atoms with Gasteiger partial charge in [0.2, 0.25) is 0 Å². The second-order valence-corrected chi connectivity index (χ2v) is 11.5. The van der Waals surface area contributed by atoms with Crippen molar-refractivity contribution in [1.82, 2.24) is 4.57 Å². The molecule has 0 saturated carbocycles. The summed E-state index contributed by atoms with van der Waals surface area (Å²) in [4.78, 5) is 0. The van der Waals surface area contributed by atoms with Crippen LogP contribution in [0, 0.1) is 13.8 Å². The summed E-state index contributed by atoms with van der Waals surface area (Å²) in [5, 5.41) is 0. The van der Waals surface area contributed by atoms with Crippen LogP contribution in [0.2, 0.25) is 0 Å². The molecule has 0 amide bonds. The second-order valence-electron chi connectivity index (χ2n) is 6.09. The van der Waals surface area contributed by atoms with E-state index in [-0.39, 0.29) is 24.8 Å². The molecule has 0 fully saturated rings. The minimum absolute atomic E-state index is 0. The van der Waals surface area contributed by atoms with Crippen LogP contribution in [0.4, 0.5) is 0 Å². The predicted molar refractivity (Wildman–Crippen MR) is 89.1 cm³/mol. The Bertz CT molecular complexity index is 816. The molecule has 2 aliphatic carbocycles. The molecule has 4 rings (SSSR count). The Morgan fingerprint density at radius 1 is 1.04 bits per heavy atom. The van der Waals surface area contributed by atoms with Crippen molar-refractivity contribution in [1.29, 1.82) is 0 Å². The standard InChI is InChI=1S/C15H14N.C5H5.2ClH.Hf/c1-11-5-6-12(2)15-10-13(9-14(11)15)16-7-3-4-8-16;1-2-4-5-3-1;;;/h3-10H,1-2H3;1-3H,4H2;2*1H;/q;;;;+2/p-2. The topological polar surface area (TPSA) is 4.93 Å². The van der Waals surface area contributed by atoms with E-state index in [4.69, 9.17) is 0 Å². The van der Waals surface area contributed by atoms with Crippen molar-refractivity contribution >= 4 is 11.8 Å². The van der Waals surface area contributed by atoms with E-state index in [0.717, 1.165) is 0 Å². The molecule has 0 bridgehead atoms. The summed E-state index contributed by atoms with van der Waals surface area (Å²) in [6, 6.07) is 8.83. The third kappa shape index (κ3) is 3.42. The molecule has 4 heteroatoms. The van der Waals surface area contributed by atoms with Crippen LogP contribution in [0.1, 0.15) is 32.3 Å². The molecule has 0 N–H and O–H groups in total. The molecule has 0 aliphatic heterocycles. The maximum Gasteiger partial charge on any atom is -1.00 e. The van der Waals surface area contributed by atoms with Gasteiger partial charge in [-0.05, 0) is 0 Å². The maximum atomic E-state index is 2.44. The van der Waals surface area contributed by atoms with Crippen molar-refractivity contribution in [3.8, 4) is 0 Å². The minimum Gasteiger partial charge on any atom is -1.00 e. The fourth-order valence-corrected chi connectivity index (χ4v) is 9.56. The zero-order chi connectivity index (χ0) is 15.1. The van der Waals surface area contributed by atoms with Crippen LogP contribution >= 0.6 is 0 Å². The van der Waals surface area contributed by atoms with Gasteiger partial charge in [0.25, 0.3) is 0 Å². The summed E-state index contributed by atoms with van der Waals surface area (Å²) in [5.41, 5.74) is 7.46. The molecule has 1 nitrogen and oxygen atoms in total. The Labute approximate surface area is 167 Å². The normalized spacial score (nSPS) is 17.3. The van der Waals surface area contributed by atoms with E-state index >= 15 is 0 Å². The fourth-order valence-electron chi connectivity index (χ4n) is 3.42. The van der Waals surface area contributed by atoms with Crippen LogP contribution in [-0.2, 0) is 22.9 Å². The van der Waals surface area contributed by atoms with Crippen LogP contribution < -0.4 is 24.8 Å². The second kappa shape index (κ2) is 8.03. The quantitative estimate of drug-likeness (QED) is 0.461. The first-order valence-electron chi connectivity index (χ1n) is 7.81. The zero-order valence-corrected chi connectivity index (χ0v) is 18.9. The monoisotopic (exact) mass is 523 g/mol. The van der Waals surface area contributed by atoms with E-state index in [1.807, 2.05) is 0 Å². The maximum absolute atomic E-state index is 2.44. The molecule has 24 heavy (non-hydrogen) atoms. The summed E-state index contributed by atoms with van der Waals surface area (Å²) >= 11 is -0.927. The van der Waals surface area contributed by atoms with Crippen LogP contribution in [0.5, 0.6) is 0 Å². The zero-order valence-electron chi connectivity index (χ0n) is 13.8. The Morgan fingerprint density at radius 3 is 2.42 bits per heavy atom. The minimum atomic E-state index is -0.927. The van der Waals surface area contributed by atoms with Crippen molar-refractivity contribution in [2.45, 2.75) is 23.9 Å². The summed E-state index contributed by atoms with van der Waals surface area (Å²) in [6.45, 7) is 4.52. The predicted octanol–water partition coefficient (Wildman–Crippen LogP) is -0.908. The van der Waals surface area contributed by atoms with Crippen LogP contribution in [-0.4, -0.2) is 4.57 Å². The number of hydrogen-bond donors (Lipinski definition) is 0. The molecule has 2 aliphatic rings. The summed E-state index contributed by atoms with van der Waals surface area (Å²) in [5.74, 6) is 0. The summed E-state index contributed by atoms with van der Waals surface area (Å²) in [6.07, 6.45) is 14.9. The third-order valence-electron chi connectivity index (χ3n) is 4.60. The van der Waals surface area contributed by atoms with E-state index in [2.05, 4.69) is 79.4 Å². The molecule has 1 aromatic carbocycles. The van der Waals surface area contributed by atoms with Gasteiger partial charge in [-0.2, -0.15) is 0 Å². The third-order valence-corrected chi connectivity index (χ3v) is 10.4. The first-order chi connectivity index (χ1) is 10.7. The fraction of sp³-hybridized carbons (Fsp3) is 0.200. The average molecular weight is 523 g/mol. The van der Waals surface area contributed by atoms with E-state index in [0.29, 0.717) is 3.67 Å². The summed E-state index contributed by atoms with van der Waals surface area (Å²) in [7, 11) is 0. The molecular formula is C20H19Cl2HfN. The molecule has 1 unspecified atom stereocenters. The SMILES string of the molecule is Cc1ccc(C)c2c1C=C(n1cccc1)[CH]2[Hf+2][C]1=CC=CC1.[Cl-].[Cl-]. The smallest absolute Gasteiger partial charge is 1.00 e. The van der Waals surface area contributed by atoms with Gasteiger partial charge in [0, 0.05) is 0 Å². The first-order valence-corrected chi connectivity index (χ1v) is 11.7. The molecular weight excluding hydrogens is 504 g/mol. The van der Waals surface area contributed by atoms with E-state index in [1.54, 1.807) is 8.89 Å². The number of hydrogen-bond acceptors (Lipinski definition) is 0. The van der Waals surface area contributed by atoms with Crippen molar-refractivity contribution in [3.63, 3.8) is 0 Å². The first kappa shape index (κ1) is 19.5. The molecule has 1 atom stereocenters. The molecule has 1 aromatic heterocycles. The molecule has 0 radical (unpaired) electrons. The van der Waals surface area contributed by atoms with Gasteiger partial charge in [0.05, 0.1) is 0 Å². The number of benzene rings is 1. The van der Waals surface area contributed by atoms with Crippen molar-refractivity contribution in [2.75, 3.05) is 0 Å². The van der Waals surface area contributed by atoms with Gasteiger partial charge in [-0.1, -0.05) is 0 Å². The van der Waals surface area contributed by atoms with Crippen LogP contribution in [0.3, 0.4) is 0 Å². The number of aromatic nitrogens is 1. The average Bonchev–Trinajstić information content (AvgIpc) is 3.24. The van der Waals surface area contributed by atoms with Crippen molar-refractivity contribution in [2.24, 2.45) is 0 Å². The van der Waals surface area contributed by atoms with Gasteiger partial charge < -0.3 is 24.8 Å². The molecule has 122 valence electrons. The number of allylic oxidation sites excluding steroid dienone is 5. The van der Waals surface area contributed by atoms with Crippen molar-refractivity contribution < 1.29 is 47.7 Å². The number of aryl methyl sites for hydroxylation is 2. The van der Waals surface area contributed by atoms with Crippen molar-refractivity contribution in [3.05, 3.63) is 80.5 Å². The summed E-state index contributed by atoms with van der Waals surface area (Å²) < 4.78 is 4.73. The Kier molecular flexibility index (Phi) is 6.52.